The molecule has 1 aromatic heterocycles. The summed E-state index contributed by atoms with van der Waals surface area (Å²) >= 11 is 1.82. The van der Waals surface area contributed by atoms with Crippen molar-refractivity contribution >= 4 is 11.3 Å². The SMILES string of the molecule is CC(C)C1CCC(CN)(Cc2nc(C(C)(C)C)cs2)CC1. The third-order valence-corrected chi connectivity index (χ3v) is 6.16. The molecule has 1 aliphatic carbocycles. The van der Waals surface area contributed by atoms with Crippen molar-refractivity contribution in [3.63, 3.8) is 0 Å². The van der Waals surface area contributed by atoms with Crippen molar-refractivity contribution < 1.29 is 0 Å². The van der Waals surface area contributed by atoms with E-state index in [1.165, 1.54) is 36.4 Å². The molecule has 0 aliphatic heterocycles. The highest BCUT2D eigenvalue weighted by Crippen LogP contribution is 2.43. The van der Waals surface area contributed by atoms with Gasteiger partial charge in [-0.05, 0) is 49.5 Å². The number of hydrogen-bond acceptors (Lipinski definition) is 3. The minimum atomic E-state index is 0.153. The van der Waals surface area contributed by atoms with Gasteiger partial charge in [0.15, 0.2) is 0 Å². The lowest BCUT2D eigenvalue weighted by molar-refractivity contribution is 0.132. The molecule has 1 fully saturated rings. The predicted molar refractivity (Wildman–Crippen MR) is 92.8 cm³/mol. The Morgan fingerprint density at radius 1 is 1.33 bits per heavy atom. The molecule has 1 aliphatic rings. The fourth-order valence-electron chi connectivity index (χ4n) is 3.43. The van der Waals surface area contributed by atoms with Gasteiger partial charge in [-0.25, -0.2) is 4.98 Å². The molecule has 0 amide bonds. The van der Waals surface area contributed by atoms with Crippen molar-refractivity contribution in [1.29, 1.82) is 0 Å². The number of thiazole rings is 1. The van der Waals surface area contributed by atoms with Crippen LogP contribution in [-0.4, -0.2) is 11.5 Å². The van der Waals surface area contributed by atoms with Gasteiger partial charge in [-0.15, -0.1) is 11.3 Å². The third-order valence-electron chi connectivity index (χ3n) is 5.31. The largest absolute Gasteiger partial charge is 0.330 e. The second-order valence-electron chi connectivity index (χ2n) is 8.34. The van der Waals surface area contributed by atoms with Crippen LogP contribution >= 0.6 is 11.3 Å². The first-order valence-corrected chi connectivity index (χ1v) is 9.29. The number of nitrogens with zero attached hydrogens (tertiary/aromatic N) is 1. The molecule has 21 heavy (non-hydrogen) atoms. The van der Waals surface area contributed by atoms with E-state index in [-0.39, 0.29) is 5.41 Å². The van der Waals surface area contributed by atoms with Crippen molar-refractivity contribution in [1.82, 2.24) is 4.98 Å². The molecule has 120 valence electrons. The van der Waals surface area contributed by atoms with Gasteiger partial charge in [0.2, 0.25) is 0 Å². The minimum absolute atomic E-state index is 0.153. The van der Waals surface area contributed by atoms with E-state index in [0.29, 0.717) is 5.41 Å². The zero-order valence-corrected chi connectivity index (χ0v) is 15.2. The van der Waals surface area contributed by atoms with Crippen molar-refractivity contribution in [2.75, 3.05) is 6.54 Å². The summed E-state index contributed by atoms with van der Waals surface area (Å²) in [5.41, 5.74) is 7.86. The summed E-state index contributed by atoms with van der Waals surface area (Å²) < 4.78 is 0. The highest BCUT2D eigenvalue weighted by Gasteiger charge is 2.36. The van der Waals surface area contributed by atoms with E-state index in [2.05, 4.69) is 40.0 Å². The average Bonchev–Trinajstić information content (AvgIpc) is 2.87. The fraction of sp³-hybridized carbons (Fsp3) is 0.833. The molecule has 0 saturated heterocycles. The smallest absolute Gasteiger partial charge is 0.0934 e. The average molecular weight is 309 g/mol. The Morgan fingerprint density at radius 3 is 2.38 bits per heavy atom. The van der Waals surface area contributed by atoms with Gasteiger partial charge in [-0.1, -0.05) is 34.6 Å². The van der Waals surface area contributed by atoms with Crippen LogP contribution in [0, 0.1) is 17.3 Å². The van der Waals surface area contributed by atoms with E-state index in [9.17, 15) is 0 Å². The highest BCUT2D eigenvalue weighted by molar-refractivity contribution is 7.09. The number of rotatable bonds is 4. The molecule has 2 N–H and O–H groups in total. The third kappa shape index (κ3) is 4.07. The highest BCUT2D eigenvalue weighted by atomic mass is 32.1. The van der Waals surface area contributed by atoms with Crippen LogP contribution in [0.5, 0.6) is 0 Å². The second kappa shape index (κ2) is 6.37. The second-order valence-corrected chi connectivity index (χ2v) is 9.28. The van der Waals surface area contributed by atoms with E-state index < -0.39 is 0 Å². The lowest BCUT2D eigenvalue weighted by atomic mass is 9.66. The summed E-state index contributed by atoms with van der Waals surface area (Å²) in [6, 6.07) is 0. The first-order valence-electron chi connectivity index (χ1n) is 8.41. The maximum Gasteiger partial charge on any atom is 0.0934 e. The standard InChI is InChI=1S/C18H32N2S/c1-13(2)14-6-8-18(12-19,9-7-14)10-16-20-15(11-21-16)17(3,4)5/h11,13-14H,6-10,12,19H2,1-5H3. The van der Waals surface area contributed by atoms with Crippen molar-refractivity contribution in [3.05, 3.63) is 16.1 Å². The number of aromatic nitrogens is 1. The van der Waals surface area contributed by atoms with Gasteiger partial charge in [0.25, 0.3) is 0 Å². The maximum atomic E-state index is 6.18. The number of hydrogen-bond donors (Lipinski definition) is 1. The Morgan fingerprint density at radius 2 is 1.95 bits per heavy atom. The van der Waals surface area contributed by atoms with Crippen LogP contribution in [0.4, 0.5) is 0 Å². The Labute approximate surface area is 134 Å². The zero-order chi connectivity index (χ0) is 15.7. The molecule has 1 saturated carbocycles. The molecular weight excluding hydrogens is 276 g/mol. The van der Waals surface area contributed by atoms with Crippen LogP contribution < -0.4 is 5.73 Å². The lowest BCUT2D eigenvalue weighted by Crippen LogP contribution is -2.37. The van der Waals surface area contributed by atoms with Gasteiger partial charge in [0.1, 0.15) is 0 Å². The van der Waals surface area contributed by atoms with E-state index in [1.54, 1.807) is 0 Å². The maximum absolute atomic E-state index is 6.18. The van der Waals surface area contributed by atoms with Crippen molar-refractivity contribution in [2.45, 2.75) is 72.1 Å². The predicted octanol–water partition coefficient (Wildman–Crippen LogP) is 4.77. The van der Waals surface area contributed by atoms with Gasteiger partial charge in [-0.3, -0.25) is 0 Å². The monoisotopic (exact) mass is 308 g/mol. The van der Waals surface area contributed by atoms with Gasteiger partial charge in [0, 0.05) is 17.2 Å². The molecule has 2 nitrogen and oxygen atoms in total. The van der Waals surface area contributed by atoms with Crippen LogP contribution in [0.1, 0.15) is 71.0 Å². The van der Waals surface area contributed by atoms with Crippen LogP contribution in [0.25, 0.3) is 0 Å². The molecule has 3 heteroatoms. The van der Waals surface area contributed by atoms with E-state index in [4.69, 9.17) is 10.7 Å². The molecule has 0 atom stereocenters. The summed E-state index contributed by atoms with van der Waals surface area (Å²) in [6.45, 7) is 12.2. The molecule has 1 aromatic rings. The van der Waals surface area contributed by atoms with Gasteiger partial charge < -0.3 is 5.73 Å². The molecule has 2 rings (SSSR count). The van der Waals surface area contributed by atoms with E-state index in [1.807, 2.05) is 11.3 Å². The summed E-state index contributed by atoms with van der Waals surface area (Å²) in [5, 5.41) is 3.52. The Balaban J connectivity index is 2.04. The summed E-state index contributed by atoms with van der Waals surface area (Å²) in [7, 11) is 0. The van der Waals surface area contributed by atoms with Crippen molar-refractivity contribution in [2.24, 2.45) is 23.0 Å². The molecule has 1 heterocycles. The topological polar surface area (TPSA) is 38.9 Å². The van der Waals surface area contributed by atoms with Crippen LogP contribution in [0.15, 0.2) is 5.38 Å². The minimum Gasteiger partial charge on any atom is -0.330 e. The number of nitrogens with two attached hydrogens (primary N) is 1. The summed E-state index contributed by atoms with van der Waals surface area (Å²) in [5.74, 6) is 1.71. The summed E-state index contributed by atoms with van der Waals surface area (Å²) in [6.07, 6.45) is 6.31. The normalized spacial score (nSPS) is 27.3. The molecule has 0 bridgehead atoms. The van der Waals surface area contributed by atoms with Gasteiger partial charge >= 0.3 is 0 Å². The van der Waals surface area contributed by atoms with Crippen LogP contribution in [0.2, 0.25) is 0 Å². The Hall–Kier alpha value is -0.410. The van der Waals surface area contributed by atoms with E-state index in [0.717, 1.165) is 24.8 Å². The molecule has 0 spiro atoms. The van der Waals surface area contributed by atoms with Gasteiger partial charge in [-0.2, -0.15) is 0 Å². The van der Waals surface area contributed by atoms with Crippen LogP contribution in [0.3, 0.4) is 0 Å². The van der Waals surface area contributed by atoms with Gasteiger partial charge in [0.05, 0.1) is 10.7 Å². The quantitative estimate of drug-likeness (QED) is 0.869. The summed E-state index contributed by atoms with van der Waals surface area (Å²) in [4.78, 5) is 4.89. The Bertz CT molecular complexity index is 448. The van der Waals surface area contributed by atoms with E-state index >= 15 is 0 Å². The van der Waals surface area contributed by atoms with Crippen LogP contribution in [-0.2, 0) is 11.8 Å². The van der Waals surface area contributed by atoms with Crippen molar-refractivity contribution in [3.8, 4) is 0 Å². The molecule has 0 aromatic carbocycles. The first-order chi connectivity index (χ1) is 9.76. The molecular formula is C18H32N2S. The molecule has 0 radical (unpaired) electrons. The first kappa shape index (κ1) is 17.0. The Kier molecular flexibility index (Phi) is 5.15. The zero-order valence-electron chi connectivity index (χ0n) is 14.4. The lowest BCUT2D eigenvalue weighted by Gasteiger charge is -2.40. The molecule has 0 unspecified atom stereocenters. The fourth-order valence-corrected chi connectivity index (χ4v) is 4.62.